The van der Waals surface area contributed by atoms with Crippen molar-refractivity contribution in [3.63, 3.8) is 0 Å². The van der Waals surface area contributed by atoms with Crippen molar-refractivity contribution in [2.24, 2.45) is 0 Å². The maximum absolute atomic E-state index is 5.22. The minimum atomic E-state index is 0.272. The van der Waals surface area contributed by atoms with Gasteiger partial charge in [0, 0.05) is 63.5 Å². The first-order chi connectivity index (χ1) is 14.5. The molecule has 0 aliphatic carbocycles. The van der Waals surface area contributed by atoms with Crippen LogP contribution in [-0.4, -0.2) is 65.1 Å². The van der Waals surface area contributed by atoms with E-state index in [0.717, 1.165) is 42.2 Å². The third-order valence-electron chi connectivity index (χ3n) is 5.36. The van der Waals surface area contributed by atoms with Gasteiger partial charge in [-0.2, -0.15) is 15.1 Å². The molecule has 1 saturated heterocycles. The molecule has 0 amide bonds. The van der Waals surface area contributed by atoms with Gasteiger partial charge in [-0.25, -0.2) is 4.98 Å². The lowest BCUT2D eigenvalue weighted by molar-refractivity contribution is 0.206. The van der Waals surface area contributed by atoms with Crippen LogP contribution in [0.2, 0.25) is 0 Å². The molecule has 1 N–H and O–H groups in total. The average Bonchev–Trinajstić information content (AvgIpc) is 3.41. The lowest BCUT2D eigenvalue weighted by Crippen LogP contribution is -2.25. The summed E-state index contributed by atoms with van der Waals surface area (Å²) in [5, 5.41) is 8.79. The second kappa shape index (κ2) is 8.83. The quantitative estimate of drug-likeness (QED) is 0.606. The Kier molecular flexibility index (Phi) is 5.98. The van der Waals surface area contributed by atoms with Gasteiger partial charge >= 0.3 is 0 Å². The number of rotatable bonds is 8. The van der Waals surface area contributed by atoms with Crippen molar-refractivity contribution in [3.05, 3.63) is 24.5 Å². The van der Waals surface area contributed by atoms with E-state index in [2.05, 4.69) is 45.1 Å². The van der Waals surface area contributed by atoms with E-state index >= 15 is 0 Å². The fraction of sp³-hybridized carbons (Fsp3) is 0.524. The Bertz CT molecular complexity index is 996. The Morgan fingerprint density at radius 2 is 1.97 bits per heavy atom. The molecule has 4 rings (SSSR count). The SMILES string of the molecule is COCCN(C)c1cc(N2CCCC2)nc(Nc2cc3c(cn2)cnn3C(C)C)n1. The Balaban J connectivity index is 1.66. The summed E-state index contributed by atoms with van der Waals surface area (Å²) < 4.78 is 7.22. The normalized spacial score (nSPS) is 14.1. The summed E-state index contributed by atoms with van der Waals surface area (Å²) in [6.07, 6.45) is 6.07. The zero-order valence-corrected chi connectivity index (χ0v) is 18.2. The molecular weight excluding hydrogens is 380 g/mol. The third-order valence-corrected chi connectivity index (χ3v) is 5.36. The van der Waals surface area contributed by atoms with E-state index < -0.39 is 0 Å². The molecule has 1 aliphatic rings. The van der Waals surface area contributed by atoms with Gasteiger partial charge in [0.2, 0.25) is 5.95 Å². The summed E-state index contributed by atoms with van der Waals surface area (Å²) in [6, 6.07) is 4.33. The zero-order chi connectivity index (χ0) is 21.1. The molecule has 4 heterocycles. The summed E-state index contributed by atoms with van der Waals surface area (Å²) in [6.45, 7) is 7.67. The van der Waals surface area contributed by atoms with Crippen LogP contribution in [-0.2, 0) is 4.74 Å². The van der Waals surface area contributed by atoms with E-state index in [0.29, 0.717) is 18.4 Å². The van der Waals surface area contributed by atoms with Gasteiger partial charge in [0.05, 0.1) is 18.3 Å². The topological polar surface area (TPSA) is 84.2 Å². The van der Waals surface area contributed by atoms with Gasteiger partial charge in [-0.15, -0.1) is 0 Å². The van der Waals surface area contributed by atoms with Crippen LogP contribution < -0.4 is 15.1 Å². The second-order valence-corrected chi connectivity index (χ2v) is 7.95. The number of hydrogen-bond acceptors (Lipinski definition) is 8. The highest BCUT2D eigenvalue weighted by molar-refractivity contribution is 5.81. The largest absolute Gasteiger partial charge is 0.383 e. The summed E-state index contributed by atoms with van der Waals surface area (Å²) in [5.74, 6) is 3.05. The Morgan fingerprint density at radius 3 is 2.70 bits per heavy atom. The molecule has 3 aromatic rings. The van der Waals surface area contributed by atoms with Crippen molar-refractivity contribution in [2.75, 3.05) is 55.5 Å². The highest BCUT2D eigenvalue weighted by Gasteiger charge is 2.18. The fourth-order valence-electron chi connectivity index (χ4n) is 3.66. The van der Waals surface area contributed by atoms with Gasteiger partial charge < -0.3 is 19.9 Å². The van der Waals surface area contributed by atoms with Crippen molar-refractivity contribution in [1.29, 1.82) is 0 Å². The maximum atomic E-state index is 5.22. The molecule has 0 bridgehead atoms. The molecule has 0 aromatic carbocycles. The lowest BCUT2D eigenvalue weighted by Gasteiger charge is -2.22. The number of ether oxygens (including phenoxy) is 1. The molecule has 0 saturated carbocycles. The smallest absolute Gasteiger partial charge is 0.232 e. The highest BCUT2D eigenvalue weighted by atomic mass is 16.5. The number of hydrogen-bond donors (Lipinski definition) is 1. The monoisotopic (exact) mass is 410 g/mol. The number of pyridine rings is 1. The number of fused-ring (bicyclic) bond motifs is 1. The lowest BCUT2D eigenvalue weighted by atomic mass is 10.3. The van der Waals surface area contributed by atoms with Crippen LogP contribution in [0.25, 0.3) is 10.9 Å². The first kappa shape index (κ1) is 20.3. The summed E-state index contributed by atoms with van der Waals surface area (Å²) in [7, 11) is 3.73. The molecule has 1 fully saturated rings. The van der Waals surface area contributed by atoms with Crippen molar-refractivity contribution in [3.8, 4) is 0 Å². The molecule has 0 unspecified atom stereocenters. The Morgan fingerprint density at radius 1 is 1.17 bits per heavy atom. The first-order valence-corrected chi connectivity index (χ1v) is 10.5. The highest BCUT2D eigenvalue weighted by Crippen LogP contribution is 2.26. The molecule has 30 heavy (non-hydrogen) atoms. The molecule has 0 radical (unpaired) electrons. The predicted molar refractivity (Wildman–Crippen MR) is 120 cm³/mol. The van der Waals surface area contributed by atoms with Gasteiger partial charge in [0.25, 0.3) is 0 Å². The zero-order valence-electron chi connectivity index (χ0n) is 18.2. The summed E-state index contributed by atoms with van der Waals surface area (Å²) >= 11 is 0. The molecule has 0 spiro atoms. The number of anilines is 4. The van der Waals surface area contributed by atoms with Crippen molar-refractivity contribution < 1.29 is 4.74 Å². The first-order valence-electron chi connectivity index (χ1n) is 10.5. The van der Waals surface area contributed by atoms with Gasteiger partial charge in [-0.3, -0.25) is 4.68 Å². The molecular formula is C21H30N8O. The van der Waals surface area contributed by atoms with Crippen LogP contribution in [0.5, 0.6) is 0 Å². The molecule has 160 valence electrons. The van der Waals surface area contributed by atoms with Crippen LogP contribution in [0.1, 0.15) is 32.7 Å². The van der Waals surface area contributed by atoms with E-state index in [1.807, 2.05) is 30.2 Å². The van der Waals surface area contributed by atoms with E-state index in [9.17, 15) is 0 Å². The number of likely N-dealkylation sites (N-methyl/N-ethyl adjacent to an activating group) is 1. The minimum absolute atomic E-state index is 0.272. The maximum Gasteiger partial charge on any atom is 0.232 e. The van der Waals surface area contributed by atoms with Crippen LogP contribution in [0.15, 0.2) is 24.5 Å². The van der Waals surface area contributed by atoms with Crippen LogP contribution in [0.3, 0.4) is 0 Å². The predicted octanol–water partition coefficient (Wildman–Crippen LogP) is 3.23. The molecule has 1 aliphatic heterocycles. The number of aromatic nitrogens is 5. The Labute approximate surface area is 177 Å². The molecule has 9 heteroatoms. The molecule has 0 atom stereocenters. The van der Waals surface area contributed by atoms with E-state index in [1.54, 1.807) is 7.11 Å². The molecule has 3 aromatic heterocycles. The third kappa shape index (κ3) is 4.30. The fourth-order valence-corrected chi connectivity index (χ4v) is 3.66. The summed E-state index contributed by atoms with van der Waals surface area (Å²) in [5.41, 5.74) is 1.04. The van der Waals surface area contributed by atoms with Crippen molar-refractivity contribution in [1.82, 2.24) is 24.7 Å². The number of nitrogens with one attached hydrogen (secondary N) is 1. The standard InChI is InChI=1S/C21H30N8O/c1-15(2)29-17-11-18(22-13-16(17)14-23-29)24-21-25-19(27(3)9-10-30-4)12-20(26-21)28-7-5-6-8-28/h11-15H,5-10H2,1-4H3,(H,22,24,25,26). The number of nitrogens with zero attached hydrogens (tertiary/aromatic N) is 7. The van der Waals surface area contributed by atoms with Crippen LogP contribution >= 0.6 is 0 Å². The molecule has 9 nitrogen and oxygen atoms in total. The Hall–Kier alpha value is -2.94. The van der Waals surface area contributed by atoms with Crippen LogP contribution in [0, 0.1) is 0 Å². The van der Waals surface area contributed by atoms with Crippen molar-refractivity contribution >= 4 is 34.3 Å². The van der Waals surface area contributed by atoms with Gasteiger partial charge in [-0.05, 0) is 26.7 Å². The van der Waals surface area contributed by atoms with E-state index in [1.165, 1.54) is 12.8 Å². The average molecular weight is 411 g/mol. The number of methoxy groups -OCH3 is 1. The summed E-state index contributed by atoms with van der Waals surface area (Å²) in [4.78, 5) is 18.4. The van der Waals surface area contributed by atoms with E-state index in [4.69, 9.17) is 14.7 Å². The van der Waals surface area contributed by atoms with Gasteiger partial charge in [0.15, 0.2) is 0 Å². The van der Waals surface area contributed by atoms with Gasteiger partial charge in [0.1, 0.15) is 17.5 Å². The van der Waals surface area contributed by atoms with Crippen molar-refractivity contribution in [2.45, 2.75) is 32.7 Å². The second-order valence-electron chi connectivity index (χ2n) is 7.95. The van der Waals surface area contributed by atoms with E-state index in [-0.39, 0.29) is 6.04 Å². The van der Waals surface area contributed by atoms with Gasteiger partial charge in [-0.1, -0.05) is 0 Å². The minimum Gasteiger partial charge on any atom is -0.383 e. The van der Waals surface area contributed by atoms with Crippen LogP contribution in [0.4, 0.5) is 23.4 Å².